The summed E-state index contributed by atoms with van der Waals surface area (Å²) >= 11 is 5.85. The van der Waals surface area contributed by atoms with Gasteiger partial charge in [-0.2, -0.15) is 0 Å². The van der Waals surface area contributed by atoms with Crippen LogP contribution in [0, 0.1) is 0 Å². The number of carbonyl (C=O) groups is 1. The monoisotopic (exact) mass is 394 g/mol. The number of ether oxygens (including phenoxy) is 1. The zero-order valence-corrected chi connectivity index (χ0v) is 14.9. The third-order valence-corrected chi connectivity index (χ3v) is 4.04. The molecule has 0 unspecified atom stereocenters. The molecule has 0 aliphatic rings. The Morgan fingerprint density at radius 3 is 2.48 bits per heavy atom. The molecule has 1 amide bonds. The van der Waals surface area contributed by atoms with E-state index >= 15 is 0 Å². The number of aromatic nitrogens is 1. The molecule has 140 valence electrons. The summed E-state index contributed by atoms with van der Waals surface area (Å²) in [6.45, 7) is 0.238. The second-order valence-electron chi connectivity index (χ2n) is 5.89. The van der Waals surface area contributed by atoms with E-state index in [0.717, 1.165) is 5.39 Å². The van der Waals surface area contributed by atoms with Gasteiger partial charge in [0.25, 0.3) is 5.91 Å². The molecular formula is C19H14ClF3N2O2. The molecule has 0 radical (unpaired) electrons. The van der Waals surface area contributed by atoms with E-state index in [1.165, 1.54) is 29.2 Å². The second kappa shape index (κ2) is 7.44. The highest BCUT2D eigenvalue weighted by molar-refractivity contribution is 6.29. The fourth-order valence-electron chi connectivity index (χ4n) is 2.60. The topological polar surface area (TPSA) is 42.4 Å². The molecule has 0 fully saturated rings. The van der Waals surface area contributed by atoms with E-state index in [9.17, 15) is 18.0 Å². The van der Waals surface area contributed by atoms with Gasteiger partial charge in [-0.3, -0.25) is 4.79 Å². The summed E-state index contributed by atoms with van der Waals surface area (Å²) < 4.78 is 40.4. The van der Waals surface area contributed by atoms with Gasteiger partial charge in [0.2, 0.25) is 0 Å². The maximum absolute atomic E-state index is 12.6. The smallest absolute Gasteiger partial charge is 0.406 e. The molecule has 8 heteroatoms. The number of rotatable bonds is 4. The summed E-state index contributed by atoms with van der Waals surface area (Å²) in [6.07, 6.45) is -4.73. The fraction of sp³-hybridized carbons (Fsp3) is 0.158. The Morgan fingerprint density at radius 1 is 1.11 bits per heavy atom. The summed E-state index contributed by atoms with van der Waals surface area (Å²) in [4.78, 5) is 18.3. The number of amides is 1. The van der Waals surface area contributed by atoms with Crippen LogP contribution < -0.4 is 4.74 Å². The number of fused-ring (bicyclic) bond motifs is 1. The molecule has 0 aliphatic heterocycles. The van der Waals surface area contributed by atoms with Crippen LogP contribution in [0.2, 0.25) is 5.15 Å². The molecule has 4 nitrogen and oxygen atoms in total. The van der Waals surface area contributed by atoms with Gasteiger partial charge in [0.05, 0.1) is 5.52 Å². The van der Waals surface area contributed by atoms with E-state index in [4.69, 9.17) is 11.6 Å². The number of carbonyl (C=O) groups excluding carboxylic acids is 1. The Bertz CT molecular complexity index is 975. The van der Waals surface area contributed by atoms with Gasteiger partial charge in [-0.15, -0.1) is 13.2 Å². The lowest BCUT2D eigenvalue weighted by molar-refractivity contribution is -0.274. The lowest BCUT2D eigenvalue weighted by Crippen LogP contribution is -2.26. The molecule has 0 bridgehead atoms. The van der Waals surface area contributed by atoms with Crippen LogP contribution in [0.3, 0.4) is 0 Å². The van der Waals surface area contributed by atoms with Gasteiger partial charge in [-0.1, -0.05) is 23.7 Å². The molecule has 0 saturated heterocycles. The number of nitrogens with zero attached hydrogens (tertiary/aromatic N) is 2. The first-order valence-electron chi connectivity index (χ1n) is 7.88. The third kappa shape index (κ3) is 4.89. The minimum atomic E-state index is -4.73. The van der Waals surface area contributed by atoms with Crippen LogP contribution in [-0.2, 0) is 6.54 Å². The van der Waals surface area contributed by atoms with Gasteiger partial charge in [0, 0.05) is 24.5 Å². The first-order chi connectivity index (χ1) is 12.7. The van der Waals surface area contributed by atoms with Crippen molar-refractivity contribution < 1.29 is 22.7 Å². The van der Waals surface area contributed by atoms with E-state index in [0.29, 0.717) is 21.8 Å². The summed E-state index contributed by atoms with van der Waals surface area (Å²) in [5.74, 6) is -0.525. The lowest BCUT2D eigenvalue weighted by Gasteiger charge is -2.18. The van der Waals surface area contributed by atoms with Crippen molar-refractivity contribution in [3.63, 3.8) is 0 Å². The average Bonchev–Trinajstić information content (AvgIpc) is 2.61. The SMILES string of the molecule is CN(Cc1ccc(OC(F)(F)F)cc1)C(=O)c1ccc2nc(Cl)ccc2c1. The number of alkyl halides is 3. The predicted octanol–water partition coefficient (Wildman–Crippen LogP) is 5.06. The Kier molecular flexibility index (Phi) is 5.23. The number of pyridine rings is 1. The van der Waals surface area contributed by atoms with E-state index in [2.05, 4.69) is 9.72 Å². The van der Waals surface area contributed by atoms with Crippen molar-refractivity contribution in [1.82, 2.24) is 9.88 Å². The van der Waals surface area contributed by atoms with Crippen molar-refractivity contribution in [2.24, 2.45) is 0 Å². The third-order valence-electron chi connectivity index (χ3n) is 3.83. The van der Waals surface area contributed by atoms with Crippen molar-refractivity contribution in [2.75, 3.05) is 7.05 Å². The molecule has 3 aromatic rings. The summed E-state index contributed by atoms with van der Waals surface area (Å²) in [7, 11) is 1.62. The van der Waals surface area contributed by atoms with Gasteiger partial charge < -0.3 is 9.64 Å². The molecule has 0 saturated carbocycles. The van der Waals surface area contributed by atoms with Crippen molar-refractivity contribution in [1.29, 1.82) is 0 Å². The Morgan fingerprint density at radius 2 is 1.81 bits per heavy atom. The van der Waals surface area contributed by atoms with E-state index in [1.54, 1.807) is 37.4 Å². The zero-order valence-electron chi connectivity index (χ0n) is 14.1. The second-order valence-corrected chi connectivity index (χ2v) is 6.28. The predicted molar refractivity (Wildman–Crippen MR) is 95.7 cm³/mol. The first kappa shape index (κ1) is 19.0. The van der Waals surface area contributed by atoms with Crippen LogP contribution in [0.4, 0.5) is 13.2 Å². The van der Waals surface area contributed by atoms with Crippen LogP contribution in [0.1, 0.15) is 15.9 Å². The number of hydrogen-bond acceptors (Lipinski definition) is 3. The zero-order chi connectivity index (χ0) is 19.6. The van der Waals surface area contributed by atoms with E-state index in [1.807, 2.05) is 0 Å². The molecule has 0 spiro atoms. The highest BCUT2D eigenvalue weighted by atomic mass is 35.5. The summed E-state index contributed by atoms with van der Waals surface area (Å²) in [5.41, 5.74) is 1.84. The Balaban J connectivity index is 1.71. The number of hydrogen-bond donors (Lipinski definition) is 0. The molecule has 3 rings (SSSR count). The number of halogens is 4. The molecular weight excluding hydrogens is 381 g/mol. The highest BCUT2D eigenvalue weighted by Crippen LogP contribution is 2.23. The van der Waals surface area contributed by atoms with Crippen molar-refractivity contribution in [2.45, 2.75) is 12.9 Å². The van der Waals surface area contributed by atoms with Crippen molar-refractivity contribution in [3.8, 4) is 5.75 Å². The van der Waals surface area contributed by atoms with Gasteiger partial charge in [-0.25, -0.2) is 4.98 Å². The van der Waals surface area contributed by atoms with Crippen LogP contribution in [0.5, 0.6) is 5.75 Å². The highest BCUT2D eigenvalue weighted by Gasteiger charge is 2.30. The normalized spacial score (nSPS) is 11.4. The molecule has 0 aliphatic carbocycles. The number of benzene rings is 2. The standard InChI is InChI=1S/C19H14ClF3N2O2/c1-25(11-12-2-6-15(7-3-12)27-19(21,22)23)18(26)14-4-8-16-13(10-14)5-9-17(20)24-16/h2-10H,11H2,1H3. The van der Waals surface area contributed by atoms with Gasteiger partial charge in [-0.05, 0) is 48.0 Å². The Labute approximate surface area is 158 Å². The maximum Gasteiger partial charge on any atom is 0.573 e. The summed E-state index contributed by atoms with van der Waals surface area (Å²) in [6, 6.07) is 13.9. The van der Waals surface area contributed by atoms with Crippen LogP contribution in [-0.4, -0.2) is 29.2 Å². The first-order valence-corrected chi connectivity index (χ1v) is 8.25. The minimum Gasteiger partial charge on any atom is -0.406 e. The van der Waals surface area contributed by atoms with Gasteiger partial charge in [0.15, 0.2) is 0 Å². The Hall–Kier alpha value is -2.80. The van der Waals surface area contributed by atoms with E-state index in [-0.39, 0.29) is 18.2 Å². The van der Waals surface area contributed by atoms with Crippen LogP contribution in [0.15, 0.2) is 54.6 Å². The van der Waals surface area contributed by atoms with Gasteiger partial charge >= 0.3 is 6.36 Å². The lowest BCUT2D eigenvalue weighted by atomic mass is 10.1. The molecule has 27 heavy (non-hydrogen) atoms. The molecule has 0 atom stereocenters. The maximum atomic E-state index is 12.6. The van der Waals surface area contributed by atoms with E-state index < -0.39 is 6.36 Å². The fourth-order valence-corrected chi connectivity index (χ4v) is 2.75. The quantitative estimate of drug-likeness (QED) is 0.581. The molecule has 0 N–H and O–H groups in total. The van der Waals surface area contributed by atoms with Gasteiger partial charge in [0.1, 0.15) is 10.9 Å². The molecule has 1 aromatic heterocycles. The van der Waals surface area contributed by atoms with Crippen molar-refractivity contribution in [3.05, 3.63) is 70.9 Å². The van der Waals surface area contributed by atoms with Crippen LogP contribution in [0.25, 0.3) is 10.9 Å². The molecule has 2 aromatic carbocycles. The van der Waals surface area contributed by atoms with Crippen molar-refractivity contribution >= 4 is 28.4 Å². The largest absolute Gasteiger partial charge is 0.573 e. The molecule has 1 heterocycles. The summed E-state index contributed by atoms with van der Waals surface area (Å²) in [5, 5.41) is 1.16. The minimum absolute atomic E-state index is 0.220. The average molecular weight is 395 g/mol. The van der Waals surface area contributed by atoms with Crippen LogP contribution >= 0.6 is 11.6 Å².